The Morgan fingerprint density at radius 3 is 1.73 bits per heavy atom. The predicted octanol–water partition coefficient (Wildman–Crippen LogP) is 5.31. The van der Waals surface area contributed by atoms with Crippen LogP contribution in [0.3, 0.4) is 0 Å². The molecule has 3 fully saturated rings. The number of halogens is 4. The van der Waals surface area contributed by atoms with Gasteiger partial charge in [-0.1, -0.05) is 86.1 Å². The highest BCUT2D eigenvalue weighted by molar-refractivity contribution is 6.20. The fourth-order valence-electron chi connectivity index (χ4n) is 6.78. The van der Waals surface area contributed by atoms with E-state index in [-0.39, 0.29) is 18.0 Å². The van der Waals surface area contributed by atoms with Crippen LogP contribution in [0, 0.1) is 5.92 Å². The summed E-state index contributed by atoms with van der Waals surface area (Å²) < 4.78 is 45.8. The lowest BCUT2D eigenvalue weighted by Gasteiger charge is -2.47. The first-order valence-electron chi connectivity index (χ1n) is 14.2. The summed E-state index contributed by atoms with van der Waals surface area (Å²) in [5, 5.41) is 8.78. The quantitative estimate of drug-likeness (QED) is 0.246. The van der Waals surface area contributed by atoms with Gasteiger partial charge in [-0.05, 0) is 17.0 Å². The molecule has 1 spiro atoms. The van der Waals surface area contributed by atoms with Crippen molar-refractivity contribution in [3.05, 3.63) is 71.8 Å². The number of hydrogen-bond acceptors (Lipinski definition) is 5. The highest BCUT2D eigenvalue weighted by Crippen LogP contribution is 2.47. The molecule has 3 heterocycles. The molecule has 3 unspecified atom stereocenters. The van der Waals surface area contributed by atoms with Crippen molar-refractivity contribution in [2.75, 3.05) is 13.1 Å². The van der Waals surface area contributed by atoms with Gasteiger partial charge in [0, 0.05) is 38.5 Å². The lowest BCUT2D eigenvalue weighted by atomic mass is 9.85. The maximum Gasteiger partial charge on any atom is 0.430 e. The summed E-state index contributed by atoms with van der Waals surface area (Å²) in [5.74, 6) is -3.32. The van der Waals surface area contributed by atoms with Crippen molar-refractivity contribution in [3.63, 3.8) is 0 Å². The molecule has 3 aliphatic heterocycles. The molecule has 10 heteroatoms. The van der Waals surface area contributed by atoms with Gasteiger partial charge in [0.2, 0.25) is 5.60 Å². The first kappa shape index (κ1) is 31.3. The number of hydrogen-bond donors (Lipinski definition) is 0. The second-order valence-electron chi connectivity index (χ2n) is 11.6. The lowest BCUT2D eigenvalue weighted by molar-refractivity contribution is -0.956. The maximum absolute atomic E-state index is 14.2. The normalized spacial score (nSPS) is 24.0. The van der Waals surface area contributed by atoms with Gasteiger partial charge in [0.15, 0.2) is 0 Å². The summed E-state index contributed by atoms with van der Waals surface area (Å²) in [5.41, 5.74) is -0.553. The maximum atomic E-state index is 14.2. The summed E-state index contributed by atoms with van der Waals surface area (Å²) in [6.45, 7) is 6.61. The van der Waals surface area contributed by atoms with Crippen LogP contribution in [0.5, 0.6) is 0 Å². The highest BCUT2D eigenvalue weighted by atomic mass is 35.5. The van der Waals surface area contributed by atoms with Gasteiger partial charge in [-0.25, -0.2) is 4.79 Å². The second kappa shape index (κ2) is 12.7. The lowest BCUT2D eigenvalue weighted by Crippen LogP contribution is -2.60. The minimum absolute atomic E-state index is 0.0336. The molecule has 0 amide bonds. The third kappa shape index (κ3) is 6.57. The highest BCUT2D eigenvalue weighted by Gasteiger charge is 2.57. The van der Waals surface area contributed by atoms with Gasteiger partial charge in [0.1, 0.15) is 17.6 Å². The molecule has 0 aliphatic carbocycles. The number of piperidine rings is 1. The predicted molar refractivity (Wildman–Crippen MR) is 145 cm³/mol. The Balaban J connectivity index is 0.000000493. The van der Waals surface area contributed by atoms with Crippen LogP contribution < -0.4 is 5.11 Å². The number of carbonyl (C=O) groups excluding carboxylic acids is 2. The number of carbonyl (C=O) groups is 2. The number of ether oxygens (including phenoxy) is 2. The molecule has 3 atom stereocenters. The molecule has 2 aromatic rings. The minimum atomic E-state index is -5.19. The molecule has 5 rings (SSSR count). The van der Waals surface area contributed by atoms with E-state index in [1.807, 2.05) is 74.5 Å². The number of nitrogens with zero attached hydrogens (tertiary/aromatic N) is 1. The molecule has 3 aliphatic rings. The van der Waals surface area contributed by atoms with E-state index < -0.39 is 23.3 Å². The molecule has 0 saturated carbocycles. The van der Waals surface area contributed by atoms with Crippen LogP contribution in [0.2, 0.25) is 0 Å². The molecular formula is C31H37ClF3NO5. The van der Waals surface area contributed by atoms with Crippen molar-refractivity contribution < 1.29 is 41.8 Å². The van der Waals surface area contributed by atoms with Gasteiger partial charge in [0.25, 0.3) is 0 Å². The van der Waals surface area contributed by atoms with E-state index >= 15 is 0 Å². The third-order valence-electron chi connectivity index (χ3n) is 8.72. The summed E-state index contributed by atoms with van der Waals surface area (Å²) in [7, 11) is 0. The van der Waals surface area contributed by atoms with Crippen molar-refractivity contribution in [1.29, 1.82) is 0 Å². The van der Waals surface area contributed by atoms with Crippen LogP contribution in [0.25, 0.3) is 0 Å². The number of carboxylic acids is 1. The molecule has 3 saturated heterocycles. The largest absolute Gasteiger partial charge is 0.542 e. The minimum Gasteiger partial charge on any atom is -0.542 e. The van der Waals surface area contributed by atoms with E-state index in [0.717, 1.165) is 24.0 Å². The van der Waals surface area contributed by atoms with E-state index in [0.29, 0.717) is 12.1 Å². The van der Waals surface area contributed by atoms with Crippen molar-refractivity contribution in [2.24, 2.45) is 5.92 Å². The van der Waals surface area contributed by atoms with Crippen LogP contribution in [-0.2, 0) is 24.7 Å². The van der Waals surface area contributed by atoms with Crippen LogP contribution >= 0.6 is 11.6 Å². The van der Waals surface area contributed by atoms with Crippen LogP contribution in [-0.4, -0.2) is 59.4 Å². The van der Waals surface area contributed by atoms with E-state index in [9.17, 15) is 18.0 Å². The molecule has 41 heavy (non-hydrogen) atoms. The Labute approximate surface area is 244 Å². The molecule has 224 valence electrons. The molecule has 2 aromatic carbocycles. The molecule has 2 bridgehead atoms. The van der Waals surface area contributed by atoms with Gasteiger partial charge in [0.05, 0.1) is 25.2 Å². The number of carboxylic acid groups (broad SMARTS) is 1. The Morgan fingerprint density at radius 2 is 1.34 bits per heavy atom. The van der Waals surface area contributed by atoms with Crippen molar-refractivity contribution in [2.45, 2.75) is 87.9 Å². The fraction of sp³-hybridized carbons (Fsp3) is 0.548. The van der Waals surface area contributed by atoms with E-state index in [2.05, 4.69) is 0 Å². The molecular weight excluding hydrogens is 559 g/mol. The van der Waals surface area contributed by atoms with Gasteiger partial charge in [-0.15, -0.1) is 0 Å². The molecule has 0 aromatic heterocycles. The molecule has 0 radical (unpaired) electrons. The monoisotopic (exact) mass is 595 g/mol. The SMILES string of the molecule is CC(C)C(Cl)OC(C(=O)OC1CC2CCC(C1)[N+]21CCCC1)(c1ccccc1)c1ccccc1.O=C([O-])C(F)(F)F. The van der Waals surface area contributed by atoms with Gasteiger partial charge in [-0.3, -0.25) is 0 Å². The summed E-state index contributed by atoms with van der Waals surface area (Å²) in [6, 6.07) is 20.6. The van der Waals surface area contributed by atoms with E-state index in [1.54, 1.807) is 0 Å². The summed E-state index contributed by atoms with van der Waals surface area (Å²) in [4.78, 5) is 23.0. The van der Waals surface area contributed by atoms with Crippen molar-refractivity contribution >= 4 is 23.5 Å². The second-order valence-corrected chi connectivity index (χ2v) is 12.0. The average Bonchev–Trinajstić information content (AvgIpc) is 3.48. The Kier molecular flexibility index (Phi) is 9.71. The van der Waals surface area contributed by atoms with Crippen LogP contribution in [0.1, 0.15) is 63.5 Å². The van der Waals surface area contributed by atoms with E-state index in [4.69, 9.17) is 31.0 Å². The smallest absolute Gasteiger partial charge is 0.430 e. The van der Waals surface area contributed by atoms with Crippen LogP contribution in [0.4, 0.5) is 13.2 Å². The zero-order valence-electron chi connectivity index (χ0n) is 23.3. The van der Waals surface area contributed by atoms with E-state index in [1.165, 1.54) is 43.3 Å². The summed E-state index contributed by atoms with van der Waals surface area (Å²) in [6.07, 6.45) is 1.83. The van der Waals surface area contributed by atoms with Crippen LogP contribution in [0.15, 0.2) is 60.7 Å². The van der Waals surface area contributed by atoms with Gasteiger partial charge < -0.3 is 23.9 Å². The molecule has 0 N–H and O–H groups in total. The topological polar surface area (TPSA) is 75.7 Å². The van der Waals surface area contributed by atoms with Gasteiger partial charge >= 0.3 is 12.1 Å². The van der Waals surface area contributed by atoms with Crippen molar-refractivity contribution in [3.8, 4) is 0 Å². The Hall–Kier alpha value is -2.62. The van der Waals surface area contributed by atoms with Crippen molar-refractivity contribution in [1.82, 2.24) is 0 Å². The fourth-order valence-corrected chi connectivity index (χ4v) is 6.91. The third-order valence-corrected chi connectivity index (χ3v) is 9.32. The Bertz CT molecular complexity index is 1120. The number of rotatable bonds is 7. The van der Waals surface area contributed by atoms with Gasteiger partial charge in [-0.2, -0.15) is 13.2 Å². The first-order chi connectivity index (χ1) is 19.4. The zero-order valence-corrected chi connectivity index (χ0v) is 24.1. The molecule has 6 nitrogen and oxygen atoms in total. The summed E-state index contributed by atoms with van der Waals surface area (Å²) >= 11 is 6.69. The number of benzene rings is 2. The average molecular weight is 596 g/mol. The number of aliphatic carboxylic acids is 1. The number of esters is 1. The first-order valence-corrected chi connectivity index (χ1v) is 14.6. The number of quaternary nitrogens is 1. The standard InChI is InChI=1S/C29H37ClNO3.C2HF3O2/c1-21(2)27(30)34-29(22-11-5-3-6-12-22,23-13-7-4-8-14-23)28(32)33-26-19-24-15-16-25(20-26)31(24)17-9-10-18-31;3-2(4,5)1(6)7/h3-8,11-14,21,24-27H,9-10,15-20H2,1-2H3;(H,6,7)/q+1;/p-1. The Morgan fingerprint density at radius 1 is 0.902 bits per heavy atom. The zero-order chi connectivity index (χ0) is 29.8. The number of alkyl halides is 4.